The summed E-state index contributed by atoms with van der Waals surface area (Å²) in [4.78, 5) is 0. The maximum atomic E-state index is 8.98. The van der Waals surface area contributed by atoms with Gasteiger partial charge in [0.2, 0.25) is 0 Å². The third kappa shape index (κ3) is 1.10. The van der Waals surface area contributed by atoms with Crippen molar-refractivity contribution in [3.63, 3.8) is 0 Å². The lowest BCUT2D eigenvalue weighted by atomic mass is 9.93. The lowest BCUT2D eigenvalue weighted by Crippen LogP contribution is -2.08. The number of allylic oxidation sites excluding steroid dienone is 1. The van der Waals surface area contributed by atoms with Crippen LogP contribution in [0.4, 0.5) is 0 Å². The fraction of sp³-hybridized carbons (Fsp3) is 0.714. The molecular formula is C7H12O. The molecule has 1 heteroatoms. The first-order chi connectivity index (χ1) is 3.60. The Hall–Kier alpha value is -0.300. The third-order valence-corrected chi connectivity index (χ3v) is 1.50. The predicted octanol–water partition coefficient (Wildman–Crippen LogP) is 1.33. The van der Waals surface area contributed by atoms with Gasteiger partial charge in [0.15, 0.2) is 0 Å². The van der Waals surface area contributed by atoms with E-state index >= 15 is 0 Å². The second kappa shape index (κ2) is 1.59. The Labute approximate surface area is 50.0 Å². The standard InChI is InChI=1S/C7H12O/c1-7(2)4-3-6(8)5-7/h3-4,6,8H,5H2,1-2H3/t6-/m1/s1. The Kier molecular flexibility index (Phi) is 1.16. The summed E-state index contributed by atoms with van der Waals surface area (Å²) in [5, 5.41) is 8.98. The Morgan fingerprint density at radius 2 is 2.25 bits per heavy atom. The predicted molar refractivity (Wildman–Crippen MR) is 33.5 cm³/mol. The molecule has 0 aromatic rings. The maximum absolute atomic E-state index is 8.98. The van der Waals surface area contributed by atoms with Gasteiger partial charge < -0.3 is 5.11 Å². The van der Waals surface area contributed by atoms with Crippen LogP contribution in [0.15, 0.2) is 12.2 Å². The first kappa shape index (κ1) is 5.83. The van der Waals surface area contributed by atoms with Gasteiger partial charge >= 0.3 is 0 Å². The van der Waals surface area contributed by atoms with Crippen molar-refractivity contribution in [1.82, 2.24) is 0 Å². The highest BCUT2D eigenvalue weighted by Gasteiger charge is 2.22. The van der Waals surface area contributed by atoms with Crippen LogP contribution in [-0.4, -0.2) is 11.2 Å². The lowest BCUT2D eigenvalue weighted by Gasteiger charge is -2.13. The second-order valence-corrected chi connectivity index (χ2v) is 3.12. The highest BCUT2D eigenvalue weighted by atomic mass is 16.3. The fourth-order valence-corrected chi connectivity index (χ4v) is 1.05. The number of hydrogen-bond acceptors (Lipinski definition) is 1. The fourth-order valence-electron chi connectivity index (χ4n) is 1.05. The molecule has 1 aliphatic carbocycles. The van der Waals surface area contributed by atoms with Crippen molar-refractivity contribution in [1.29, 1.82) is 0 Å². The van der Waals surface area contributed by atoms with E-state index in [9.17, 15) is 0 Å². The quantitative estimate of drug-likeness (QED) is 0.469. The van der Waals surface area contributed by atoms with Crippen LogP contribution in [0.25, 0.3) is 0 Å². The van der Waals surface area contributed by atoms with Gasteiger partial charge in [-0.25, -0.2) is 0 Å². The first-order valence-electron chi connectivity index (χ1n) is 2.98. The van der Waals surface area contributed by atoms with Gasteiger partial charge in [0, 0.05) is 0 Å². The van der Waals surface area contributed by atoms with Crippen molar-refractivity contribution in [3.05, 3.63) is 12.2 Å². The molecule has 0 aliphatic heterocycles. The highest BCUT2D eigenvalue weighted by molar-refractivity contribution is 5.07. The molecule has 1 atom stereocenters. The molecule has 0 fully saturated rings. The summed E-state index contributed by atoms with van der Waals surface area (Å²) in [6, 6.07) is 0. The van der Waals surface area contributed by atoms with Crippen LogP contribution in [0.1, 0.15) is 20.3 Å². The van der Waals surface area contributed by atoms with E-state index in [1.165, 1.54) is 0 Å². The number of aliphatic hydroxyl groups excluding tert-OH is 1. The molecule has 0 aromatic heterocycles. The van der Waals surface area contributed by atoms with Gasteiger partial charge in [-0.15, -0.1) is 0 Å². The number of rotatable bonds is 0. The minimum absolute atomic E-state index is 0.190. The summed E-state index contributed by atoms with van der Waals surface area (Å²) >= 11 is 0. The van der Waals surface area contributed by atoms with Crippen LogP contribution in [0, 0.1) is 5.41 Å². The summed E-state index contributed by atoms with van der Waals surface area (Å²) in [5.41, 5.74) is 0.236. The molecule has 0 amide bonds. The molecule has 8 heavy (non-hydrogen) atoms. The average Bonchev–Trinajstić information content (AvgIpc) is 1.82. The van der Waals surface area contributed by atoms with E-state index in [1.807, 2.05) is 6.08 Å². The molecule has 0 unspecified atom stereocenters. The Balaban J connectivity index is 2.58. The Morgan fingerprint density at radius 3 is 2.38 bits per heavy atom. The molecule has 1 nitrogen and oxygen atoms in total. The van der Waals surface area contributed by atoms with Crippen LogP contribution >= 0.6 is 0 Å². The van der Waals surface area contributed by atoms with Crippen molar-refractivity contribution in [2.45, 2.75) is 26.4 Å². The summed E-state index contributed by atoms with van der Waals surface area (Å²) in [7, 11) is 0. The molecule has 1 N–H and O–H groups in total. The van der Waals surface area contributed by atoms with E-state index in [-0.39, 0.29) is 11.5 Å². The van der Waals surface area contributed by atoms with Crippen molar-refractivity contribution < 1.29 is 5.11 Å². The molecule has 0 saturated heterocycles. The molecule has 0 bridgehead atoms. The summed E-state index contributed by atoms with van der Waals surface area (Å²) in [6.45, 7) is 4.25. The topological polar surface area (TPSA) is 20.2 Å². The molecule has 0 heterocycles. The molecule has 0 spiro atoms. The van der Waals surface area contributed by atoms with E-state index in [0.717, 1.165) is 6.42 Å². The van der Waals surface area contributed by atoms with Crippen molar-refractivity contribution >= 4 is 0 Å². The minimum Gasteiger partial charge on any atom is -0.389 e. The number of aliphatic hydroxyl groups is 1. The van der Waals surface area contributed by atoms with Crippen molar-refractivity contribution in [3.8, 4) is 0 Å². The van der Waals surface area contributed by atoms with Gasteiger partial charge in [-0.3, -0.25) is 0 Å². The van der Waals surface area contributed by atoms with E-state index in [0.29, 0.717) is 0 Å². The molecule has 1 rings (SSSR count). The largest absolute Gasteiger partial charge is 0.389 e. The van der Waals surface area contributed by atoms with Crippen LogP contribution in [-0.2, 0) is 0 Å². The van der Waals surface area contributed by atoms with Gasteiger partial charge in [0.25, 0.3) is 0 Å². The lowest BCUT2D eigenvalue weighted by molar-refractivity contribution is 0.192. The van der Waals surface area contributed by atoms with Gasteiger partial charge in [0.05, 0.1) is 6.10 Å². The molecule has 0 saturated carbocycles. The molecule has 0 aromatic carbocycles. The maximum Gasteiger partial charge on any atom is 0.0729 e. The Morgan fingerprint density at radius 1 is 1.62 bits per heavy atom. The van der Waals surface area contributed by atoms with Crippen molar-refractivity contribution in [2.24, 2.45) is 5.41 Å². The van der Waals surface area contributed by atoms with Crippen LogP contribution in [0.2, 0.25) is 0 Å². The van der Waals surface area contributed by atoms with Gasteiger partial charge in [-0.2, -0.15) is 0 Å². The molecule has 46 valence electrons. The van der Waals surface area contributed by atoms with Gasteiger partial charge in [-0.05, 0) is 11.8 Å². The molecule has 0 radical (unpaired) electrons. The SMILES string of the molecule is CC1(C)C=C[C@@H](O)C1. The van der Waals surface area contributed by atoms with Gasteiger partial charge in [0.1, 0.15) is 0 Å². The summed E-state index contributed by atoms with van der Waals surface area (Å²) < 4.78 is 0. The smallest absolute Gasteiger partial charge is 0.0729 e. The normalized spacial score (nSPS) is 33.6. The van der Waals surface area contributed by atoms with Crippen LogP contribution in [0.5, 0.6) is 0 Å². The van der Waals surface area contributed by atoms with E-state index in [4.69, 9.17) is 5.11 Å². The highest BCUT2D eigenvalue weighted by Crippen LogP contribution is 2.29. The zero-order valence-corrected chi connectivity index (χ0v) is 5.39. The van der Waals surface area contributed by atoms with E-state index in [2.05, 4.69) is 19.9 Å². The summed E-state index contributed by atoms with van der Waals surface area (Å²) in [6.07, 6.45) is 4.62. The molecular weight excluding hydrogens is 100 g/mol. The Bertz CT molecular complexity index is 114. The average molecular weight is 112 g/mol. The summed E-state index contributed by atoms with van der Waals surface area (Å²) in [5.74, 6) is 0. The van der Waals surface area contributed by atoms with Crippen LogP contribution in [0.3, 0.4) is 0 Å². The van der Waals surface area contributed by atoms with Crippen molar-refractivity contribution in [2.75, 3.05) is 0 Å². The van der Waals surface area contributed by atoms with Crippen LogP contribution < -0.4 is 0 Å². The zero-order valence-electron chi connectivity index (χ0n) is 5.39. The molecule has 1 aliphatic rings. The third-order valence-electron chi connectivity index (χ3n) is 1.50. The van der Waals surface area contributed by atoms with E-state index in [1.54, 1.807) is 0 Å². The zero-order chi connectivity index (χ0) is 6.20. The first-order valence-corrected chi connectivity index (χ1v) is 2.98. The number of hydrogen-bond donors (Lipinski definition) is 1. The monoisotopic (exact) mass is 112 g/mol. The minimum atomic E-state index is -0.190. The second-order valence-electron chi connectivity index (χ2n) is 3.12. The van der Waals surface area contributed by atoms with E-state index < -0.39 is 0 Å². The van der Waals surface area contributed by atoms with Gasteiger partial charge in [-0.1, -0.05) is 26.0 Å².